The Morgan fingerprint density at radius 1 is 0.392 bits per heavy atom. The summed E-state index contributed by atoms with van der Waals surface area (Å²) in [7, 11) is 0. The molecule has 0 atom stereocenters. The van der Waals surface area contributed by atoms with Crippen molar-refractivity contribution in [2.24, 2.45) is 0 Å². The fourth-order valence-electron chi connectivity index (χ4n) is 8.00. The normalized spacial score (nSPS) is 11.9. The third-order valence-electron chi connectivity index (χ3n) is 10.1. The zero-order valence-electron chi connectivity index (χ0n) is 27.4. The van der Waals surface area contributed by atoms with Crippen molar-refractivity contribution in [2.75, 3.05) is 0 Å². The molecule has 0 aliphatic heterocycles. The maximum atomic E-state index is 6.65. The summed E-state index contributed by atoms with van der Waals surface area (Å²) in [5.74, 6) is 0.659. The number of fused-ring (bicyclic) bond motifs is 9. The first-order chi connectivity index (χ1) is 25.3. The molecule has 0 bridgehead atoms. The highest BCUT2D eigenvalue weighted by Crippen LogP contribution is 2.44. The third kappa shape index (κ3) is 4.03. The molecular formula is C46H28N4O. The molecule has 11 aromatic rings. The van der Waals surface area contributed by atoms with E-state index >= 15 is 0 Å². The molecule has 0 radical (unpaired) electrons. The summed E-state index contributed by atoms with van der Waals surface area (Å²) >= 11 is 0. The molecule has 0 spiro atoms. The Hall–Kier alpha value is -6.98. The first kappa shape index (κ1) is 27.9. The molecule has 11 rings (SSSR count). The van der Waals surface area contributed by atoms with Crippen molar-refractivity contribution in [2.45, 2.75) is 0 Å². The third-order valence-corrected chi connectivity index (χ3v) is 10.1. The monoisotopic (exact) mass is 652 g/mol. The molecule has 0 amide bonds. The molecule has 0 saturated carbocycles. The van der Waals surface area contributed by atoms with Crippen LogP contribution >= 0.6 is 0 Å². The van der Waals surface area contributed by atoms with Crippen LogP contribution in [0.25, 0.3) is 99.7 Å². The predicted octanol–water partition coefficient (Wildman–Crippen LogP) is 11.9. The lowest BCUT2D eigenvalue weighted by atomic mass is 10.0. The highest BCUT2D eigenvalue weighted by atomic mass is 16.3. The standard InChI is InChI=1S/C46H28N4O/c1-3-15-29(16-4-1)49-37-25-10-7-20-33(37)41-35(23-14-27-39(41)49)45-47-43(36-24-13-22-32-31-19-9-12-28-40(31)51-44(32)36)42-34-21-8-11-26-38(34)50(46(42)48-45)30-17-5-2-6-18-30/h1-28H. The van der Waals surface area contributed by atoms with E-state index < -0.39 is 0 Å². The van der Waals surface area contributed by atoms with Gasteiger partial charge in [-0.15, -0.1) is 0 Å². The van der Waals surface area contributed by atoms with Crippen molar-refractivity contribution in [1.82, 2.24) is 19.1 Å². The zero-order valence-corrected chi connectivity index (χ0v) is 27.4. The van der Waals surface area contributed by atoms with Gasteiger partial charge in [-0.1, -0.05) is 115 Å². The molecule has 0 aliphatic rings. The van der Waals surface area contributed by atoms with Crippen LogP contribution < -0.4 is 0 Å². The molecule has 4 heterocycles. The van der Waals surface area contributed by atoms with Gasteiger partial charge >= 0.3 is 0 Å². The van der Waals surface area contributed by atoms with Gasteiger partial charge in [0.2, 0.25) is 0 Å². The molecule has 0 unspecified atom stereocenters. The van der Waals surface area contributed by atoms with E-state index in [1.807, 2.05) is 12.1 Å². The molecule has 4 aromatic heterocycles. The number of hydrogen-bond donors (Lipinski definition) is 0. The largest absolute Gasteiger partial charge is 0.455 e. The van der Waals surface area contributed by atoms with Gasteiger partial charge in [0, 0.05) is 49.4 Å². The van der Waals surface area contributed by atoms with Gasteiger partial charge < -0.3 is 8.98 Å². The Kier molecular flexibility index (Phi) is 5.89. The van der Waals surface area contributed by atoms with Crippen LogP contribution in [0.1, 0.15) is 0 Å². The minimum absolute atomic E-state index is 0.659. The fourth-order valence-corrected chi connectivity index (χ4v) is 8.00. The molecule has 0 saturated heterocycles. The molecule has 238 valence electrons. The Morgan fingerprint density at radius 3 is 1.71 bits per heavy atom. The Bertz CT molecular complexity index is 3130. The van der Waals surface area contributed by atoms with Crippen LogP contribution in [0.4, 0.5) is 0 Å². The Labute approximate surface area is 292 Å². The minimum Gasteiger partial charge on any atom is -0.455 e. The summed E-state index contributed by atoms with van der Waals surface area (Å²) < 4.78 is 11.3. The maximum absolute atomic E-state index is 6.65. The van der Waals surface area contributed by atoms with Crippen molar-refractivity contribution in [3.05, 3.63) is 170 Å². The number of aromatic nitrogens is 4. The summed E-state index contributed by atoms with van der Waals surface area (Å²) in [5.41, 5.74) is 10.7. The fraction of sp³-hybridized carbons (Fsp3) is 0. The SMILES string of the molecule is c1ccc(-n2c3ccccc3c3c(-c4nc(-c5cccc6c5oc5ccccc56)c5c6ccccc6n(-c6ccccc6)c5n4)cccc32)cc1. The highest BCUT2D eigenvalue weighted by Gasteiger charge is 2.25. The Morgan fingerprint density at radius 2 is 0.941 bits per heavy atom. The molecule has 0 aliphatic carbocycles. The quantitative estimate of drug-likeness (QED) is 0.190. The number of hydrogen-bond acceptors (Lipinski definition) is 3. The average molecular weight is 653 g/mol. The molecule has 5 heteroatoms. The maximum Gasteiger partial charge on any atom is 0.162 e. The van der Waals surface area contributed by atoms with Crippen LogP contribution in [0.3, 0.4) is 0 Å². The van der Waals surface area contributed by atoms with Crippen LogP contribution in [-0.4, -0.2) is 19.1 Å². The molecular weight excluding hydrogens is 625 g/mol. The second kappa shape index (κ2) is 10.8. The van der Waals surface area contributed by atoms with Gasteiger partial charge in [0.1, 0.15) is 16.8 Å². The molecule has 7 aromatic carbocycles. The number of benzene rings is 7. The second-order valence-electron chi connectivity index (χ2n) is 13.0. The summed E-state index contributed by atoms with van der Waals surface area (Å²) in [6.07, 6.45) is 0. The van der Waals surface area contributed by atoms with Gasteiger partial charge in [-0.25, -0.2) is 9.97 Å². The summed E-state index contributed by atoms with van der Waals surface area (Å²) in [4.78, 5) is 11.1. The van der Waals surface area contributed by atoms with E-state index in [0.29, 0.717) is 5.82 Å². The number of para-hydroxylation sites is 6. The second-order valence-corrected chi connectivity index (χ2v) is 13.0. The lowest BCUT2D eigenvalue weighted by Crippen LogP contribution is -2.00. The van der Waals surface area contributed by atoms with Crippen LogP contribution in [0.2, 0.25) is 0 Å². The summed E-state index contributed by atoms with van der Waals surface area (Å²) in [6, 6.07) is 59.3. The summed E-state index contributed by atoms with van der Waals surface area (Å²) in [6.45, 7) is 0. The Balaban J connectivity index is 1.31. The molecule has 0 fully saturated rings. The van der Waals surface area contributed by atoms with Crippen molar-refractivity contribution < 1.29 is 4.42 Å². The first-order valence-electron chi connectivity index (χ1n) is 17.2. The van der Waals surface area contributed by atoms with Crippen molar-refractivity contribution in [3.8, 4) is 34.0 Å². The number of furan rings is 1. The number of rotatable bonds is 4. The highest BCUT2D eigenvalue weighted by molar-refractivity contribution is 6.19. The first-order valence-corrected chi connectivity index (χ1v) is 17.2. The predicted molar refractivity (Wildman–Crippen MR) is 209 cm³/mol. The molecule has 0 N–H and O–H groups in total. The topological polar surface area (TPSA) is 48.8 Å². The van der Waals surface area contributed by atoms with Gasteiger partial charge in [-0.3, -0.25) is 4.57 Å². The van der Waals surface area contributed by atoms with Gasteiger partial charge in [0.25, 0.3) is 0 Å². The van der Waals surface area contributed by atoms with Gasteiger partial charge in [0.05, 0.1) is 27.6 Å². The lowest BCUT2D eigenvalue weighted by molar-refractivity contribution is 0.670. The van der Waals surface area contributed by atoms with E-state index in [2.05, 4.69) is 167 Å². The van der Waals surface area contributed by atoms with Crippen LogP contribution in [0.15, 0.2) is 174 Å². The van der Waals surface area contributed by atoms with Crippen LogP contribution in [0, 0.1) is 0 Å². The van der Waals surface area contributed by atoms with E-state index in [1.165, 1.54) is 0 Å². The average Bonchev–Trinajstić information content (AvgIpc) is 3.86. The molecule has 5 nitrogen and oxygen atoms in total. The van der Waals surface area contributed by atoms with E-state index in [0.717, 1.165) is 93.9 Å². The van der Waals surface area contributed by atoms with E-state index in [9.17, 15) is 0 Å². The lowest BCUT2D eigenvalue weighted by Gasteiger charge is -2.12. The van der Waals surface area contributed by atoms with Crippen molar-refractivity contribution in [3.63, 3.8) is 0 Å². The van der Waals surface area contributed by atoms with Gasteiger partial charge in [-0.05, 0) is 54.6 Å². The van der Waals surface area contributed by atoms with E-state index in [1.54, 1.807) is 0 Å². The number of nitrogens with zero attached hydrogens (tertiary/aromatic N) is 4. The molecule has 51 heavy (non-hydrogen) atoms. The van der Waals surface area contributed by atoms with Crippen molar-refractivity contribution >= 4 is 65.7 Å². The van der Waals surface area contributed by atoms with Gasteiger partial charge in [0.15, 0.2) is 5.82 Å². The minimum atomic E-state index is 0.659. The summed E-state index contributed by atoms with van der Waals surface area (Å²) in [5, 5.41) is 6.50. The van der Waals surface area contributed by atoms with Crippen LogP contribution in [-0.2, 0) is 0 Å². The van der Waals surface area contributed by atoms with Crippen LogP contribution in [0.5, 0.6) is 0 Å². The van der Waals surface area contributed by atoms with E-state index in [4.69, 9.17) is 14.4 Å². The zero-order chi connectivity index (χ0) is 33.5. The van der Waals surface area contributed by atoms with Gasteiger partial charge in [-0.2, -0.15) is 0 Å². The van der Waals surface area contributed by atoms with E-state index in [-0.39, 0.29) is 0 Å². The smallest absolute Gasteiger partial charge is 0.162 e. The van der Waals surface area contributed by atoms with Crippen molar-refractivity contribution in [1.29, 1.82) is 0 Å².